The highest BCUT2D eigenvalue weighted by Gasteiger charge is 2.10. The summed E-state index contributed by atoms with van der Waals surface area (Å²) in [5, 5.41) is 5.82. The van der Waals surface area contributed by atoms with E-state index in [1.807, 2.05) is 45.0 Å². The van der Waals surface area contributed by atoms with Crippen molar-refractivity contribution in [2.24, 2.45) is 0 Å². The number of anilines is 2. The number of nitrogens with zero attached hydrogens (tertiary/aromatic N) is 1. The van der Waals surface area contributed by atoms with Crippen LogP contribution in [0.2, 0.25) is 0 Å². The lowest BCUT2D eigenvalue weighted by molar-refractivity contribution is -0.117. The maximum atomic E-state index is 12.3. The van der Waals surface area contributed by atoms with Gasteiger partial charge in [-0.15, -0.1) is 0 Å². The van der Waals surface area contributed by atoms with Crippen LogP contribution in [0.25, 0.3) is 0 Å². The van der Waals surface area contributed by atoms with Crippen molar-refractivity contribution in [3.8, 4) is 0 Å². The summed E-state index contributed by atoms with van der Waals surface area (Å²) in [6.45, 7) is 8.03. The summed E-state index contributed by atoms with van der Waals surface area (Å²) in [6.07, 6.45) is 0. The van der Waals surface area contributed by atoms with Crippen molar-refractivity contribution in [3.05, 3.63) is 57.2 Å². The molecule has 0 heterocycles. The van der Waals surface area contributed by atoms with Gasteiger partial charge in [-0.3, -0.25) is 14.5 Å². The molecule has 0 atom stereocenters. The van der Waals surface area contributed by atoms with Gasteiger partial charge in [0.05, 0.1) is 6.54 Å². The first-order valence-corrected chi connectivity index (χ1v) is 9.70. The normalized spacial score (nSPS) is 10.7. The molecule has 0 saturated heterocycles. The standard InChI is InChI=1S/C20H24IN3O2/c1-4-24(5-2)13-19(25)23-18-11-10-17(12-14(18)3)22-20(26)15-6-8-16(21)9-7-15/h6-12H,4-5,13H2,1-3H3,(H,22,26)(H,23,25). The van der Waals surface area contributed by atoms with Crippen molar-refractivity contribution in [1.82, 2.24) is 4.90 Å². The molecule has 6 heteroatoms. The molecular weight excluding hydrogens is 441 g/mol. The molecule has 0 unspecified atom stereocenters. The fraction of sp³-hybridized carbons (Fsp3) is 0.300. The minimum absolute atomic E-state index is 0.0347. The molecule has 138 valence electrons. The Morgan fingerprint density at radius 2 is 1.65 bits per heavy atom. The molecule has 0 spiro atoms. The van der Waals surface area contributed by atoms with E-state index in [0.29, 0.717) is 17.8 Å². The van der Waals surface area contributed by atoms with Crippen molar-refractivity contribution >= 4 is 45.8 Å². The number of amides is 2. The summed E-state index contributed by atoms with van der Waals surface area (Å²) >= 11 is 2.20. The Morgan fingerprint density at radius 3 is 2.23 bits per heavy atom. The molecule has 0 bridgehead atoms. The van der Waals surface area contributed by atoms with Gasteiger partial charge >= 0.3 is 0 Å². The average molecular weight is 465 g/mol. The van der Waals surface area contributed by atoms with E-state index < -0.39 is 0 Å². The third kappa shape index (κ3) is 5.81. The topological polar surface area (TPSA) is 61.4 Å². The summed E-state index contributed by atoms with van der Waals surface area (Å²) < 4.78 is 1.08. The predicted molar refractivity (Wildman–Crippen MR) is 115 cm³/mol. The molecule has 2 N–H and O–H groups in total. The minimum atomic E-state index is -0.154. The largest absolute Gasteiger partial charge is 0.325 e. The summed E-state index contributed by atoms with van der Waals surface area (Å²) in [6, 6.07) is 12.9. The molecule has 2 aromatic rings. The summed E-state index contributed by atoms with van der Waals surface area (Å²) in [5.41, 5.74) is 2.97. The van der Waals surface area contributed by atoms with Gasteiger partial charge in [-0.05, 0) is 90.6 Å². The van der Waals surface area contributed by atoms with E-state index in [2.05, 4.69) is 38.1 Å². The van der Waals surface area contributed by atoms with Crippen LogP contribution < -0.4 is 10.6 Å². The summed E-state index contributed by atoms with van der Waals surface area (Å²) in [4.78, 5) is 26.5. The van der Waals surface area contributed by atoms with Crippen LogP contribution in [0.3, 0.4) is 0 Å². The smallest absolute Gasteiger partial charge is 0.255 e. The lowest BCUT2D eigenvalue weighted by Gasteiger charge is -2.18. The first kappa shape index (κ1) is 20.4. The van der Waals surface area contributed by atoms with E-state index >= 15 is 0 Å². The summed E-state index contributed by atoms with van der Waals surface area (Å²) in [7, 11) is 0. The second-order valence-electron chi connectivity index (χ2n) is 6.00. The molecule has 0 aromatic heterocycles. The van der Waals surface area contributed by atoms with Crippen LogP contribution >= 0.6 is 22.6 Å². The highest BCUT2D eigenvalue weighted by molar-refractivity contribution is 14.1. The lowest BCUT2D eigenvalue weighted by atomic mass is 10.1. The molecule has 26 heavy (non-hydrogen) atoms. The third-order valence-electron chi connectivity index (χ3n) is 4.13. The number of halogens is 1. The van der Waals surface area contributed by atoms with Gasteiger partial charge in [-0.25, -0.2) is 0 Å². The molecule has 2 rings (SSSR count). The van der Waals surface area contributed by atoms with Gasteiger partial charge < -0.3 is 10.6 Å². The van der Waals surface area contributed by atoms with Gasteiger partial charge in [0.1, 0.15) is 0 Å². The van der Waals surface area contributed by atoms with Crippen LogP contribution in [0.5, 0.6) is 0 Å². The van der Waals surface area contributed by atoms with E-state index in [9.17, 15) is 9.59 Å². The molecule has 5 nitrogen and oxygen atoms in total. The SMILES string of the molecule is CCN(CC)CC(=O)Nc1ccc(NC(=O)c2ccc(I)cc2)cc1C. The molecular formula is C20H24IN3O2. The molecule has 2 amide bonds. The van der Waals surface area contributed by atoms with E-state index in [1.54, 1.807) is 18.2 Å². The van der Waals surface area contributed by atoms with Crippen molar-refractivity contribution in [1.29, 1.82) is 0 Å². The van der Waals surface area contributed by atoms with Gasteiger partial charge in [0, 0.05) is 20.5 Å². The first-order chi connectivity index (χ1) is 12.4. The van der Waals surface area contributed by atoms with Crippen molar-refractivity contribution in [2.75, 3.05) is 30.3 Å². The minimum Gasteiger partial charge on any atom is -0.325 e. The van der Waals surface area contributed by atoms with Gasteiger partial charge in [-0.2, -0.15) is 0 Å². The first-order valence-electron chi connectivity index (χ1n) is 8.62. The van der Waals surface area contributed by atoms with E-state index in [4.69, 9.17) is 0 Å². The average Bonchev–Trinajstić information content (AvgIpc) is 2.62. The highest BCUT2D eigenvalue weighted by atomic mass is 127. The van der Waals surface area contributed by atoms with Crippen LogP contribution in [0.15, 0.2) is 42.5 Å². The Bertz CT molecular complexity index is 771. The predicted octanol–water partition coefficient (Wildman–Crippen LogP) is 4.13. The van der Waals surface area contributed by atoms with Crippen molar-refractivity contribution in [2.45, 2.75) is 20.8 Å². The van der Waals surface area contributed by atoms with E-state index in [0.717, 1.165) is 27.9 Å². The van der Waals surface area contributed by atoms with E-state index in [1.165, 1.54) is 0 Å². The van der Waals surface area contributed by atoms with Crippen molar-refractivity contribution in [3.63, 3.8) is 0 Å². The maximum Gasteiger partial charge on any atom is 0.255 e. The number of nitrogens with one attached hydrogen (secondary N) is 2. The van der Waals surface area contributed by atoms with Crippen molar-refractivity contribution < 1.29 is 9.59 Å². The van der Waals surface area contributed by atoms with Gasteiger partial charge in [0.15, 0.2) is 0 Å². The van der Waals surface area contributed by atoms with Gasteiger partial charge in [0.25, 0.3) is 5.91 Å². The Kier molecular flexibility index (Phi) is 7.59. The Hall–Kier alpha value is -1.93. The molecule has 0 fully saturated rings. The third-order valence-corrected chi connectivity index (χ3v) is 4.85. The quantitative estimate of drug-likeness (QED) is 0.605. The zero-order valence-corrected chi connectivity index (χ0v) is 17.5. The number of hydrogen-bond donors (Lipinski definition) is 2. The summed E-state index contributed by atoms with van der Waals surface area (Å²) in [5.74, 6) is -0.188. The highest BCUT2D eigenvalue weighted by Crippen LogP contribution is 2.20. The maximum absolute atomic E-state index is 12.3. The number of carbonyl (C=O) groups is 2. The molecule has 0 aliphatic heterocycles. The lowest BCUT2D eigenvalue weighted by Crippen LogP contribution is -2.33. The van der Waals surface area contributed by atoms with Crippen LogP contribution in [0, 0.1) is 10.5 Å². The Morgan fingerprint density at radius 1 is 1.00 bits per heavy atom. The number of aryl methyl sites for hydroxylation is 1. The van der Waals surface area contributed by atoms with Gasteiger partial charge in [0.2, 0.25) is 5.91 Å². The Balaban J connectivity index is 2.01. The zero-order valence-electron chi connectivity index (χ0n) is 15.3. The van der Waals surface area contributed by atoms with Crippen LogP contribution in [0.4, 0.5) is 11.4 Å². The molecule has 0 aliphatic carbocycles. The monoisotopic (exact) mass is 465 g/mol. The molecule has 0 aliphatic rings. The number of carbonyl (C=O) groups excluding carboxylic acids is 2. The molecule has 0 radical (unpaired) electrons. The molecule has 0 saturated carbocycles. The second-order valence-corrected chi connectivity index (χ2v) is 7.25. The van der Waals surface area contributed by atoms with Gasteiger partial charge in [-0.1, -0.05) is 13.8 Å². The number of benzene rings is 2. The number of likely N-dealkylation sites (N-methyl/N-ethyl adjacent to an activating group) is 1. The van der Waals surface area contributed by atoms with E-state index in [-0.39, 0.29) is 11.8 Å². The number of hydrogen-bond acceptors (Lipinski definition) is 3. The van der Waals surface area contributed by atoms with Crippen LogP contribution in [-0.2, 0) is 4.79 Å². The molecule has 2 aromatic carbocycles. The second kappa shape index (κ2) is 9.68. The fourth-order valence-electron chi connectivity index (χ4n) is 2.53. The Labute approximate surface area is 168 Å². The number of rotatable bonds is 7. The van der Waals surface area contributed by atoms with Crippen LogP contribution in [-0.4, -0.2) is 36.3 Å². The van der Waals surface area contributed by atoms with Crippen LogP contribution in [0.1, 0.15) is 29.8 Å². The zero-order chi connectivity index (χ0) is 19.1. The fourth-order valence-corrected chi connectivity index (χ4v) is 2.89.